The summed E-state index contributed by atoms with van der Waals surface area (Å²) in [6.45, 7) is 8.66. The Hall–Kier alpha value is -3.44. The van der Waals surface area contributed by atoms with Crippen LogP contribution in [0.4, 0.5) is 0 Å². The van der Waals surface area contributed by atoms with Crippen LogP contribution in [-0.4, -0.2) is 54.3 Å². The maximum absolute atomic E-state index is 13.3. The van der Waals surface area contributed by atoms with Gasteiger partial charge < -0.3 is 15.1 Å². The number of hydrogen-bond donors (Lipinski definition) is 1. The van der Waals surface area contributed by atoms with Crippen molar-refractivity contribution in [2.24, 2.45) is 11.8 Å². The summed E-state index contributed by atoms with van der Waals surface area (Å²) in [5.74, 6) is 1.18. The van der Waals surface area contributed by atoms with E-state index in [1.54, 1.807) is 0 Å². The van der Waals surface area contributed by atoms with Crippen molar-refractivity contribution < 1.29 is 9.59 Å². The minimum atomic E-state index is -0.0403. The largest absolute Gasteiger partial charge is 0.345 e. The number of carbonyl (C=O) groups excluding carboxylic acids is 2. The molecule has 0 spiro atoms. The van der Waals surface area contributed by atoms with Gasteiger partial charge in [0.1, 0.15) is 0 Å². The number of carbonyl (C=O) groups is 2. The Kier molecular flexibility index (Phi) is 7.19. The monoisotopic (exact) mass is 481 g/mol. The molecule has 2 aliphatic rings. The van der Waals surface area contributed by atoms with Crippen LogP contribution in [0.25, 0.3) is 0 Å². The Morgan fingerprint density at radius 1 is 0.806 bits per heavy atom. The highest BCUT2D eigenvalue weighted by Gasteiger charge is 2.42. The van der Waals surface area contributed by atoms with Gasteiger partial charge in [-0.2, -0.15) is 0 Å². The van der Waals surface area contributed by atoms with Gasteiger partial charge in [-0.25, -0.2) is 0 Å². The molecule has 0 radical (unpaired) electrons. The molecule has 0 aromatic heterocycles. The van der Waals surface area contributed by atoms with Crippen LogP contribution in [0.5, 0.6) is 0 Å². The Morgan fingerprint density at radius 3 is 2.00 bits per heavy atom. The molecule has 3 atom stereocenters. The summed E-state index contributed by atoms with van der Waals surface area (Å²) in [4.78, 5) is 30.7. The number of fused-ring (bicyclic) bond motifs is 1. The topological polar surface area (TPSA) is 52.7 Å². The predicted molar refractivity (Wildman–Crippen MR) is 143 cm³/mol. The molecule has 0 bridgehead atoms. The lowest BCUT2D eigenvalue weighted by Gasteiger charge is -2.25. The van der Waals surface area contributed by atoms with Crippen molar-refractivity contribution in [3.05, 3.63) is 107 Å². The van der Waals surface area contributed by atoms with Crippen LogP contribution < -0.4 is 5.32 Å². The van der Waals surface area contributed by atoms with Crippen LogP contribution in [0.3, 0.4) is 0 Å². The Labute approximate surface area is 214 Å². The second-order valence-corrected chi connectivity index (χ2v) is 10.3. The van der Waals surface area contributed by atoms with Crippen molar-refractivity contribution in [2.75, 3.05) is 32.7 Å². The summed E-state index contributed by atoms with van der Waals surface area (Å²) in [5.41, 5.74) is 4.80. The Balaban J connectivity index is 1.19. The van der Waals surface area contributed by atoms with Gasteiger partial charge in [0.25, 0.3) is 11.8 Å². The molecule has 2 amide bonds. The SMILES string of the molecule is Cc1cccc(C)c1C(=O)N1CC2CN(CC[C@H](NC(=O)c3ccccc3)c3ccccc3)CC2C1. The highest BCUT2D eigenvalue weighted by molar-refractivity contribution is 5.97. The summed E-state index contributed by atoms with van der Waals surface area (Å²) in [6, 6.07) is 25.7. The number of hydrogen-bond acceptors (Lipinski definition) is 3. The fourth-order valence-electron chi connectivity index (χ4n) is 5.90. The minimum Gasteiger partial charge on any atom is -0.345 e. The summed E-state index contributed by atoms with van der Waals surface area (Å²) in [5, 5.41) is 3.26. The van der Waals surface area contributed by atoms with Gasteiger partial charge in [-0.1, -0.05) is 66.7 Å². The molecule has 2 unspecified atom stereocenters. The lowest BCUT2D eigenvalue weighted by molar-refractivity contribution is 0.0772. The standard InChI is InChI=1S/C31H35N3O2/c1-22-10-9-11-23(2)29(22)31(36)34-20-26-18-33(19-27(26)21-34)17-16-28(24-12-5-3-6-13-24)32-30(35)25-14-7-4-8-15-25/h3-15,26-28H,16-21H2,1-2H3,(H,32,35)/t26?,27?,28-/m0/s1. The van der Waals surface area contributed by atoms with Crippen LogP contribution in [0.15, 0.2) is 78.9 Å². The molecule has 5 heteroatoms. The second kappa shape index (κ2) is 10.7. The van der Waals surface area contributed by atoms with E-state index in [2.05, 4.69) is 27.2 Å². The molecule has 2 heterocycles. The molecule has 3 aromatic rings. The second-order valence-electron chi connectivity index (χ2n) is 10.3. The number of nitrogens with zero attached hydrogens (tertiary/aromatic N) is 2. The van der Waals surface area contributed by atoms with E-state index >= 15 is 0 Å². The lowest BCUT2D eigenvalue weighted by atomic mass is 10.0. The summed E-state index contributed by atoms with van der Waals surface area (Å²) >= 11 is 0. The van der Waals surface area contributed by atoms with Gasteiger partial charge in [-0.15, -0.1) is 0 Å². The lowest BCUT2D eigenvalue weighted by Crippen LogP contribution is -2.35. The van der Waals surface area contributed by atoms with E-state index < -0.39 is 0 Å². The zero-order valence-corrected chi connectivity index (χ0v) is 21.2. The van der Waals surface area contributed by atoms with Gasteiger partial charge in [0.15, 0.2) is 0 Å². The Morgan fingerprint density at radius 2 is 1.39 bits per heavy atom. The first-order valence-electron chi connectivity index (χ1n) is 13.0. The van der Waals surface area contributed by atoms with Gasteiger partial charge in [0, 0.05) is 43.9 Å². The summed E-state index contributed by atoms with van der Waals surface area (Å²) in [7, 11) is 0. The number of aryl methyl sites for hydroxylation is 2. The minimum absolute atomic E-state index is 0.0385. The third-order valence-corrected chi connectivity index (χ3v) is 7.82. The molecule has 3 aromatic carbocycles. The van der Waals surface area contributed by atoms with E-state index in [1.807, 2.05) is 80.6 Å². The molecule has 2 aliphatic heterocycles. The first-order chi connectivity index (χ1) is 17.5. The van der Waals surface area contributed by atoms with Crippen LogP contribution in [0.1, 0.15) is 49.9 Å². The zero-order valence-electron chi connectivity index (χ0n) is 21.2. The number of likely N-dealkylation sites (tertiary alicyclic amines) is 2. The van der Waals surface area contributed by atoms with Gasteiger partial charge >= 0.3 is 0 Å². The third-order valence-electron chi connectivity index (χ3n) is 7.82. The van der Waals surface area contributed by atoms with E-state index in [0.29, 0.717) is 17.4 Å². The van der Waals surface area contributed by atoms with E-state index in [9.17, 15) is 9.59 Å². The molecule has 5 rings (SSSR count). The zero-order chi connectivity index (χ0) is 25.1. The first-order valence-corrected chi connectivity index (χ1v) is 13.0. The molecular formula is C31H35N3O2. The molecular weight excluding hydrogens is 446 g/mol. The summed E-state index contributed by atoms with van der Waals surface area (Å²) in [6.07, 6.45) is 0.854. The molecule has 0 saturated carbocycles. The van der Waals surface area contributed by atoms with Crippen LogP contribution in [0, 0.1) is 25.7 Å². The molecule has 2 saturated heterocycles. The third kappa shape index (κ3) is 5.21. The van der Waals surface area contributed by atoms with Crippen molar-refractivity contribution >= 4 is 11.8 Å². The normalized spacial score (nSPS) is 20.2. The Bertz CT molecular complexity index is 1180. The fourth-order valence-corrected chi connectivity index (χ4v) is 5.90. The number of benzene rings is 3. The smallest absolute Gasteiger partial charge is 0.254 e. The average molecular weight is 482 g/mol. The van der Waals surface area contributed by atoms with E-state index in [1.165, 1.54) is 0 Å². The van der Waals surface area contributed by atoms with Crippen molar-refractivity contribution in [1.82, 2.24) is 15.1 Å². The molecule has 0 aliphatic carbocycles. The van der Waals surface area contributed by atoms with E-state index in [-0.39, 0.29) is 17.9 Å². The maximum Gasteiger partial charge on any atom is 0.254 e. The van der Waals surface area contributed by atoms with Crippen LogP contribution >= 0.6 is 0 Å². The average Bonchev–Trinajstić information content (AvgIpc) is 3.46. The molecule has 1 N–H and O–H groups in total. The van der Waals surface area contributed by atoms with E-state index in [0.717, 1.165) is 61.4 Å². The van der Waals surface area contributed by atoms with Gasteiger partial charge in [0.2, 0.25) is 0 Å². The van der Waals surface area contributed by atoms with E-state index in [4.69, 9.17) is 0 Å². The highest BCUT2D eigenvalue weighted by atomic mass is 16.2. The van der Waals surface area contributed by atoms with Crippen molar-refractivity contribution in [3.8, 4) is 0 Å². The van der Waals surface area contributed by atoms with Gasteiger partial charge in [0.05, 0.1) is 6.04 Å². The molecule has 36 heavy (non-hydrogen) atoms. The number of amides is 2. The molecule has 186 valence electrons. The van der Waals surface area contributed by atoms with Crippen molar-refractivity contribution in [3.63, 3.8) is 0 Å². The van der Waals surface area contributed by atoms with Crippen molar-refractivity contribution in [1.29, 1.82) is 0 Å². The molecule has 5 nitrogen and oxygen atoms in total. The van der Waals surface area contributed by atoms with Crippen LogP contribution in [0.2, 0.25) is 0 Å². The van der Waals surface area contributed by atoms with Crippen LogP contribution in [-0.2, 0) is 0 Å². The van der Waals surface area contributed by atoms with Gasteiger partial charge in [-0.3, -0.25) is 9.59 Å². The van der Waals surface area contributed by atoms with Crippen molar-refractivity contribution in [2.45, 2.75) is 26.3 Å². The summed E-state index contributed by atoms with van der Waals surface area (Å²) < 4.78 is 0. The number of rotatable bonds is 7. The quantitative estimate of drug-likeness (QED) is 0.524. The number of nitrogens with one attached hydrogen (secondary N) is 1. The molecule has 2 fully saturated rings. The predicted octanol–water partition coefficient (Wildman–Crippen LogP) is 4.87. The fraction of sp³-hybridized carbons (Fsp3) is 0.355. The maximum atomic E-state index is 13.3. The highest BCUT2D eigenvalue weighted by Crippen LogP contribution is 2.33. The van der Waals surface area contributed by atoms with Gasteiger partial charge in [-0.05, 0) is 60.9 Å². The first kappa shape index (κ1) is 24.3.